The van der Waals surface area contributed by atoms with Crippen LogP contribution in [0.4, 0.5) is 11.4 Å². The fourth-order valence-electron chi connectivity index (χ4n) is 4.09. The van der Waals surface area contributed by atoms with Crippen molar-refractivity contribution in [2.75, 3.05) is 56.7 Å². The van der Waals surface area contributed by atoms with Gasteiger partial charge in [0, 0.05) is 38.2 Å². The smallest absolute Gasteiger partial charge is 0.264 e. The number of piperazine rings is 1. The van der Waals surface area contributed by atoms with Gasteiger partial charge in [-0.05, 0) is 66.7 Å². The van der Waals surface area contributed by atoms with E-state index >= 15 is 0 Å². The molecular formula is C25H28ClN3O6S2. The second kappa shape index (κ2) is 10.8. The van der Waals surface area contributed by atoms with Gasteiger partial charge in [0.15, 0.2) is 0 Å². The second-order valence-corrected chi connectivity index (χ2v) is 12.7. The van der Waals surface area contributed by atoms with Crippen molar-refractivity contribution in [3.63, 3.8) is 0 Å². The van der Waals surface area contributed by atoms with Crippen LogP contribution in [0.15, 0.2) is 76.5 Å². The van der Waals surface area contributed by atoms with Crippen molar-refractivity contribution in [1.29, 1.82) is 0 Å². The van der Waals surface area contributed by atoms with Gasteiger partial charge in [0.1, 0.15) is 11.5 Å². The molecule has 12 heteroatoms. The van der Waals surface area contributed by atoms with Crippen LogP contribution in [0.25, 0.3) is 0 Å². The second-order valence-electron chi connectivity index (χ2n) is 8.35. The molecule has 1 fully saturated rings. The summed E-state index contributed by atoms with van der Waals surface area (Å²) >= 11 is 5.90. The highest BCUT2D eigenvalue weighted by Crippen LogP contribution is 2.34. The lowest BCUT2D eigenvalue weighted by atomic mass is 10.2. The van der Waals surface area contributed by atoms with E-state index in [9.17, 15) is 16.8 Å². The molecule has 0 amide bonds. The Kier molecular flexibility index (Phi) is 7.88. The van der Waals surface area contributed by atoms with Crippen LogP contribution < -0.4 is 18.7 Å². The molecule has 3 aromatic carbocycles. The summed E-state index contributed by atoms with van der Waals surface area (Å²) in [5.74, 6) is 1.12. The van der Waals surface area contributed by atoms with Crippen LogP contribution in [0.1, 0.15) is 0 Å². The molecule has 3 aromatic rings. The summed E-state index contributed by atoms with van der Waals surface area (Å²) in [5, 5.41) is 0.461. The highest BCUT2D eigenvalue weighted by atomic mass is 35.5. The van der Waals surface area contributed by atoms with Crippen LogP contribution in [0, 0.1) is 0 Å². The molecule has 37 heavy (non-hydrogen) atoms. The number of benzene rings is 3. The summed E-state index contributed by atoms with van der Waals surface area (Å²) in [7, 11) is -3.01. The summed E-state index contributed by atoms with van der Waals surface area (Å²) in [4.78, 5) is 2.20. The molecule has 0 saturated carbocycles. The molecule has 0 aromatic heterocycles. The predicted octanol–water partition coefficient (Wildman–Crippen LogP) is 3.69. The van der Waals surface area contributed by atoms with Crippen molar-refractivity contribution in [3.05, 3.63) is 71.8 Å². The van der Waals surface area contributed by atoms with Crippen molar-refractivity contribution in [2.24, 2.45) is 0 Å². The number of anilines is 2. The molecule has 1 aliphatic heterocycles. The fraction of sp³-hybridized carbons (Fsp3) is 0.280. The minimum atomic E-state index is -3.88. The number of hydrogen-bond donors (Lipinski definition) is 0. The van der Waals surface area contributed by atoms with Gasteiger partial charge >= 0.3 is 0 Å². The maximum Gasteiger partial charge on any atom is 0.264 e. The summed E-state index contributed by atoms with van der Waals surface area (Å²) in [6.07, 6.45) is 0. The maximum absolute atomic E-state index is 13.4. The zero-order valence-electron chi connectivity index (χ0n) is 20.7. The maximum atomic E-state index is 13.4. The summed E-state index contributed by atoms with van der Waals surface area (Å²) in [6, 6.07) is 17.5. The van der Waals surface area contributed by atoms with Crippen LogP contribution in [-0.2, 0) is 20.0 Å². The van der Waals surface area contributed by atoms with E-state index in [-0.39, 0.29) is 22.9 Å². The minimum Gasteiger partial charge on any atom is -0.497 e. The van der Waals surface area contributed by atoms with Crippen molar-refractivity contribution >= 4 is 43.0 Å². The molecule has 0 atom stereocenters. The molecule has 1 saturated heterocycles. The van der Waals surface area contributed by atoms with Crippen molar-refractivity contribution in [1.82, 2.24) is 4.31 Å². The van der Waals surface area contributed by atoms with E-state index in [0.29, 0.717) is 41.0 Å². The van der Waals surface area contributed by atoms with Gasteiger partial charge in [0.2, 0.25) is 10.0 Å². The average Bonchev–Trinajstić information content (AvgIpc) is 2.92. The van der Waals surface area contributed by atoms with Crippen molar-refractivity contribution in [3.8, 4) is 11.5 Å². The van der Waals surface area contributed by atoms with E-state index in [1.54, 1.807) is 55.6 Å². The topological polar surface area (TPSA) is 96.5 Å². The predicted molar refractivity (Wildman–Crippen MR) is 144 cm³/mol. The van der Waals surface area contributed by atoms with Gasteiger partial charge in [0.25, 0.3) is 10.0 Å². The molecular weight excluding hydrogens is 538 g/mol. The van der Waals surface area contributed by atoms with Gasteiger partial charge < -0.3 is 14.4 Å². The molecule has 0 bridgehead atoms. The number of sulfonamides is 2. The van der Waals surface area contributed by atoms with E-state index in [0.717, 1.165) is 0 Å². The van der Waals surface area contributed by atoms with Crippen LogP contribution in [0.5, 0.6) is 11.5 Å². The van der Waals surface area contributed by atoms with E-state index in [1.807, 2.05) is 4.90 Å². The van der Waals surface area contributed by atoms with Gasteiger partial charge in [-0.1, -0.05) is 11.6 Å². The van der Waals surface area contributed by atoms with Crippen molar-refractivity contribution in [2.45, 2.75) is 9.79 Å². The molecule has 198 valence electrons. The average molecular weight is 566 g/mol. The Morgan fingerprint density at radius 2 is 1.38 bits per heavy atom. The van der Waals surface area contributed by atoms with E-state index in [2.05, 4.69) is 0 Å². The summed E-state index contributed by atoms with van der Waals surface area (Å²) in [5.41, 5.74) is 1.06. The third-order valence-electron chi connectivity index (χ3n) is 6.28. The lowest BCUT2D eigenvalue weighted by Crippen LogP contribution is -2.48. The largest absolute Gasteiger partial charge is 0.497 e. The van der Waals surface area contributed by atoms with Gasteiger partial charge in [-0.25, -0.2) is 16.8 Å². The Bertz CT molecular complexity index is 1460. The molecule has 0 aliphatic carbocycles. The van der Waals surface area contributed by atoms with Crippen LogP contribution in [0.3, 0.4) is 0 Å². The highest BCUT2D eigenvalue weighted by Gasteiger charge is 2.30. The molecule has 9 nitrogen and oxygen atoms in total. The SMILES string of the molecule is COc1ccc(N(C)S(=O)(=O)c2ccc(OC)c(N3CCN(S(=O)(=O)c4ccc(Cl)cc4)CC3)c2)cc1. The standard InChI is InChI=1S/C25H28ClN3O6S2/c1-27(20-6-8-21(34-2)9-7-20)36(30,31)23-12-13-25(35-3)24(18-23)28-14-16-29(17-15-28)37(32,33)22-10-4-19(26)5-11-22/h4-13,18H,14-17H2,1-3H3. The first-order chi connectivity index (χ1) is 17.6. The Morgan fingerprint density at radius 3 is 1.95 bits per heavy atom. The van der Waals surface area contributed by atoms with E-state index in [1.165, 1.54) is 41.0 Å². The van der Waals surface area contributed by atoms with Crippen LogP contribution >= 0.6 is 11.6 Å². The molecule has 1 aliphatic rings. The Balaban J connectivity index is 1.56. The van der Waals surface area contributed by atoms with Crippen LogP contribution in [-0.4, -0.2) is 68.6 Å². The molecule has 0 unspecified atom stereocenters. The monoisotopic (exact) mass is 565 g/mol. The molecule has 0 radical (unpaired) electrons. The van der Waals surface area contributed by atoms with Gasteiger partial charge in [-0.15, -0.1) is 0 Å². The van der Waals surface area contributed by atoms with E-state index in [4.69, 9.17) is 21.1 Å². The van der Waals surface area contributed by atoms with E-state index < -0.39 is 20.0 Å². The first-order valence-corrected chi connectivity index (χ1v) is 14.7. The molecule has 4 rings (SSSR count). The number of hydrogen-bond acceptors (Lipinski definition) is 7. The zero-order valence-corrected chi connectivity index (χ0v) is 23.1. The number of halogens is 1. The molecule has 0 N–H and O–H groups in total. The van der Waals surface area contributed by atoms with Crippen LogP contribution in [0.2, 0.25) is 5.02 Å². The lowest BCUT2D eigenvalue weighted by molar-refractivity contribution is 0.378. The fourth-order valence-corrected chi connectivity index (χ4v) is 6.86. The third-order valence-corrected chi connectivity index (χ3v) is 10.2. The highest BCUT2D eigenvalue weighted by molar-refractivity contribution is 7.92. The number of rotatable bonds is 8. The Hall–Kier alpha value is -2.99. The molecule has 0 spiro atoms. The third kappa shape index (κ3) is 5.49. The Labute approximate surface area is 222 Å². The first-order valence-electron chi connectivity index (χ1n) is 11.4. The number of methoxy groups -OCH3 is 2. The normalized spacial score (nSPS) is 14.9. The van der Waals surface area contributed by atoms with Crippen molar-refractivity contribution < 1.29 is 26.3 Å². The first kappa shape index (κ1) is 27.1. The lowest BCUT2D eigenvalue weighted by Gasteiger charge is -2.36. The zero-order chi connectivity index (χ0) is 26.8. The minimum absolute atomic E-state index is 0.0952. The number of ether oxygens (including phenoxy) is 2. The summed E-state index contributed by atoms with van der Waals surface area (Å²) in [6.45, 7) is 1.19. The Morgan fingerprint density at radius 1 is 0.784 bits per heavy atom. The summed E-state index contributed by atoms with van der Waals surface area (Å²) < 4.78 is 66.2. The van der Waals surface area contributed by atoms with Gasteiger partial charge in [0.05, 0.1) is 35.4 Å². The number of nitrogens with zero attached hydrogens (tertiary/aromatic N) is 3. The van der Waals surface area contributed by atoms with Gasteiger partial charge in [-0.3, -0.25) is 4.31 Å². The quantitative estimate of drug-likeness (QED) is 0.411. The molecule has 1 heterocycles. The van der Waals surface area contributed by atoms with Gasteiger partial charge in [-0.2, -0.15) is 4.31 Å².